The Labute approximate surface area is 238 Å². The molecule has 0 bridgehead atoms. The molecule has 2 heterocycles. The van der Waals surface area contributed by atoms with Gasteiger partial charge in [-0.25, -0.2) is 9.97 Å². The van der Waals surface area contributed by atoms with Crippen molar-refractivity contribution in [2.24, 2.45) is 0 Å². The molecule has 3 nitrogen and oxygen atoms in total. The van der Waals surface area contributed by atoms with Crippen LogP contribution in [0.5, 0.6) is 0 Å². The summed E-state index contributed by atoms with van der Waals surface area (Å²) in [5.41, 5.74) is 7.70. The van der Waals surface area contributed by atoms with Gasteiger partial charge in [0, 0.05) is 31.9 Å². The molecule has 5 aromatic carbocycles. The van der Waals surface area contributed by atoms with Gasteiger partial charge in [0.05, 0.1) is 23.0 Å². The maximum atomic E-state index is 9.52. The lowest BCUT2D eigenvalue weighted by molar-refractivity contribution is 0.607. The summed E-state index contributed by atoms with van der Waals surface area (Å²) in [6, 6.07) is 42.1. The second-order valence-corrected chi connectivity index (χ2v) is 11.7. The molecule has 0 spiro atoms. The summed E-state index contributed by atoms with van der Waals surface area (Å²) in [6.45, 7) is 4.47. The third-order valence-corrected chi connectivity index (χ3v) is 8.91. The van der Waals surface area contributed by atoms with Gasteiger partial charge in [-0.05, 0) is 64.4 Å². The van der Waals surface area contributed by atoms with Gasteiger partial charge in [0.15, 0.2) is 5.82 Å². The fraction of sp³-hybridized carbons (Fsp3) is 0.0833. The molecule has 1 aliphatic heterocycles. The van der Waals surface area contributed by atoms with E-state index in [0.29, 0.717) is 11.4 Å². The van der Waals surface area contributed by atoms with Gasteiger partial charge in [0.1, 0.15) is 0 Å². The van der Waals surface area contributed by atoms with Crippen molar-refractivity contribution in [2.45, 2.75) is 29.1 Å². The molecule has 0 saturated carbocycles. The Kier molecular flexibility index (Phi) is 5.77. The number of fused-ring (bicyclic) bond motifs is 3. The molecule has 0 radical (unpaired) electrons. The second-order valence-electron chi connectivity index (χ2n) is 10.7. The average molecular weight is 532 g/mol. The van der Waals surface area contributed by atoms with Crippen LogP contribution < -0.4 is 0 Å². The van der Waals surface area contributed by atoms with Gasteiger partial charge in [-0.3, -0.25) is 0 Å². The zero-order valence-corrected chi connectivity index (χ0v) is 23.0. The van der Waals surface area contributed by atoms with E-state index >= 15 is 0 Å². The Morgan fingerprint density at radius 3 is 2.02 bits per heavy atom. The SMILES string of the molecule is CC1(C)c2cc(C#N)ccc2Sc2ccc(-c3nc(-c4ccccc4)cc(-c4ccc5ccccc5c4)n3)cc21. The van der Waals surface area contributed by atoms with E-state index in [9.17, 15) is 5.26 Å². The maximum absolute atomic E-state index is 9.52. The number of benzene rings is 5. The monoisotopic (exact) mass is 531 g/mol. The highest BCUT2D eigenvalue weighted by atomic mass is 32.2. The number of hydrogen-bond donors (Lipinski definition) is 0. The molecule has 0 N–H and O–H groups in total. The summed E-state index contributed by atoms with van der Waals surface area (Å²) in [5.74, 6) is 0.699. The molecule has 0 unspecified atom stereocenters. The van der Waals surface area contributed by atoms with E-state index in [1.54, 1.807) is 11.8 Å². The molecule has 190 valence electrons. The summed E-state index contributed by atoms with van der Waals surface area (Å²) in [6.07, 6.45) is 0. The van der Waals surface area contributed by atoms with Crippen LogP contribution in [0.2, 0.25) is 0 Å². The number of nitrogens with zero attached hydrogens (tertiary/aromatic N) is 3. The third-order valence-electron chi connectivity index (χ3n) is 7.75. The first-order chi connectivity index (χ1) is 19.5. The van der Waals surface area contributed by atoms with Gasteiger partial charge in [-0.2, -0.15) is 5.26 Å². The first-order valence-corrected chi connectivity index (χ1v) is 14.1. The van der Waals surface area contributed by atoms with Gasteiger partial charge in [-0.1, -0.05) is 98.4 Å². The highest BCUT2D eigenvalue weighted by molar-refractivity contribution is 7.99. The van der Waals surface area contributed by atoms with Crippen LogP contribution in [0, 0.1) is 11.3 Å². The number of hydrogen-bond acceptors (Lipinski definition) is 4. The maximum Gasteiger partial charge on any atom is 0.160 e. The van der Waals surface area contributed by atoms with Gasteiger partial charge in [0.2, 0.25) is 0 Å². The highest BCUT2D eigenvalue weighted by Gasteiger charge is 2.33. The fourth-order valence-electron chi connectivity index (χ4n) is 5.52. The van der Waals surface area contributed by atoms with Crippen molar-refractivity contribution in [2.75, 3.05) is 0 Å². The minimum Gasteiger partial charge on any atom is -0.228 e. The van der Waals surface area contributed by atoms with E-state index < -0.39 is 0 Å². The van der Waals surface area contributed by atoms with Crippen LogP contribution in [0.3, 0.4) is 0 Å². The fourth-order valence-corrected chi connectivity index (χ4v) is 6.87. The van der Waals surface area contributed by atoms with Crippen molar-refractivity contribution in [3.8, 4) is 40.0 Å². The van der Waals surface area contributed by atoms with E-state index in [1.165, 1.54) is 31.7 Å². The van der Waals surface area contributed by atoms with Crippen molar-refractivity contribution >= 4 is 22.5 Å². The summed E-state index contributed by atoms with van der Waals surface area (Å²) in [4.78, 5) is 12.6. The van der Waals surface area contributed by atoms with Crippen LogP contribution >= 0.6 is 11.8 Å². The molecule has 0 atom stereocenters. The first-order valence-electron chi connectivity index (χ1n) is 13.3. The second kappa shape index (κ2) is 9.48. The Bertz CT molecular complexity index is 1970. The molecule has 6 aromatic rings. The number of nitriles is 1. The first kappa shape index (κ1) is 24.3. The Hall–Kier alpha value is -4.72. The Morgan fingerprint density at radius 1 is 0.600 bits per heavy atom. The van der Waals surface area contributed by atoms with Crippen molar-refractivity contribution in [1.29, 1.82) is 5.26 Å². The molecule has 4 heteroatoms. The van der Waals surface area contributed by atoms with Gasteiger partial charge >= 0.3 is 0 Å². The summed E-state index contributed by atoms with van der Waals surface area (Å²) in [5, 5.41) is 11.9. The molecule has 1 aromatic heterocycles. The Morgan fingerprint density at radius 2 is 1.25 bits per heavy atom. The summed E-state index contributed by atoms with van der Waals surface area (Å²) < 4.78 is 0. The molecule has 1 aliphatic rings. The van der Waals surface area contributed by atoms with Crippen LogP contribution in [0.15, 0.2) is 125 Å². The van der Waals surface area contributed by atoms with E-state index in [4.69, 9.17) is 9.97 Å². The molecular weight excluding hydrogens is 506 g/mol. The standard InChI is InChI=1S/C36H25N3S/c1-36(2)29-18-23(22-37)12-16-33(29)40-34-17-15-28(20-30(34)36)35-38-31(25-9-4-3-5-10-25)21-32(39-35)27-14-13-24-8-6-7-11-26(24)19-27/h3-21H,1-2H3. The average Bonchev–Trinajstić information content (AvgIpc) is 3.01. The quantitative estimate of drug-likeness (QED) is 0.228. The van der Waals surface area contributed by atoms with Crippen LogP contribution in [0.1, 0.15) is 30.5 Å². The number of rotatable bonds is 3. The summed E-state index contributed by atoms with van der Waals surface area (Å²) >= 11 is 1.76. The van der Waals surface area contributed by atoms with Crippen molar-refractivity contribution in [3.05, 3.63) is 132 Å². The van der Waals surface area contributed by atoms with Crippen molar-refractivity contribution in [3.63, 3.8) is 0 Å². The molecule has 0 fully saturated rings. The normalized spacial score (nSPS) is 13.3. The molecule has 40 heavy (non-hydrogen) atoms. The third kappa shape index (κ3) is 4.16. The van der Waals surface area contributed by atoms with Crippen LogP contribution in [0.25, 0.3) is 44.7 Å². The topological polar surface area (TPSA) is 49.6 Å². The molecule has 0 aliphatic carbocycles. The van der Waals surface area contributed by atoms with E-state index in [2.05, 4.69) is 105 Å². The zero-order valence-electron chi connectivity index (χ0n) is 22.2. The zero-order chi connectivity index (χ0) is 27.3. The van der Waals surface area contributed by atoms with Gasteiger partial charge < -0.3 is 0 Å². The van der Waals surface area contributed by atoms with Crippen LogP contribution in [0.4, 0.5) is 0 Å². The molecule has 7 rings (SSSR count). The largest absolute Gasteiger partial charge is 0.228 e. The van der Waals surface area contributed by atoms with E-state index in [1.807, 2.05) is 30.3 Å². The van der Waals surface area contributed by atoms with Gasteiger partial charge in [0.25, 0.3) is 0 Å². The lowest BCUT2D eigenvalue weighted by Gasteiger charge is -2.35. The smallest absolute Gasteiger partial charge is 0.160 e. The highest BCUT2D eigenvalue weighted by Crippen LogP contribution is 2.50. The van der Waals surface area contributed by atoms with Crippen LogP contribution in [-0.4, -0.2) is 9.97 Å². The lowest BCUT2D eigenvalue weighted by atomic mass is 9.76. The van der Waals surface area contributed by atoms with E-state index in [0.717, 1.165) is 28.1 Å². The lowest BCUT2D eigenvalue weighted by Crippen LogP contribution is -2.24. The Balaban J connectivity index is 1.39. The van der Waals surface area contributed by atoms with Crippen LogP contribution in [-0.2, 0) is 5.41 Å². The molecular formula is C36H25N3S. The molecule has 0 amide bonds. The predicted octanol–water partition coefficient (Wildman–Crippen LogP) is 9.29. The van der Waals surface area contributed by atoms with Gasteiger partial charge in [-0.15, -0.1) is 0 Å². The number of aromatic nitrogens is 2. The minimum absolute atomic E-state index is 0.267. The molecule has 0 saturated heterocycles. The van der Waals surface area contributed by atoms with E-state index in [-0.39, 0.29) is 5.41 Å². The van der Waals surface area contributed by atoms with Crippen molar-refractivity contribution < 1.29 is 0 Å². The van der Waals surface area contributed by atoms with Crippen molar-refractivity contribution in [1.82, 2.24) is 9.97 Å². The summed E-state index contributed by atoms with van der Waals surface area (Å²) in [7, 11) is 0. The predicted molar refractivity (Wildman–Crippen MR) is 163 cm³/mol. The minimum atomic E-state index is -0.267.